The van der Waals surface area contributed by atoms with E-state index in [4.69, 9.17) is 0 Å². The molecule has 3 rings (SSSR count). The van der Waals surface area contributed by atoms with Crippen molar-refractivity contribution in [2.75, 3.05) is 0 Å². The molecule has 3 aromatic carbocycles. The average Bonchev–Trinajstić information content (AvgIpc) is 2.56. The monoisotopic (exact) mass is 288 g/mol. The van der Waals surface area contributed by atoms with E-state index < -0.39 is 0 Å². The molecule has 22 heavy (non-hydrogen) atoms. The van der Waals surface area contributed by atoms with Gasteiger partial charge in [-0.05, 0) is 22.8 Å². The Balaban J connectivity index is 2.22. The summed E-state index contributed by atoms with van der Waals surface area (Å²) in [5, 5.41) is 10.5. The van der Waals surface area contributed by atoms with Crippen molar-refractivity contribution in [2.24, 2.45) is 0 Å². The minimum Gasteiger partial charge on any atom is -0.507 e. The van der Waals surface area contributed by atoms with Gasteiger partial charge in [0, 0.05) is 11.0 Å². The van der Waals surface area contributed by atoms with Gasteiger partial charge in [-0.25, -0.2) is 0 Å². The number of phenolic OH excluding ortho intramolecular Hbond substituents is 1. The van der Waals surface area contributed by atoms with Crippen molar-refractivity contribution >= 4 is 0 Å². The summed E-state index contributed by atoms with van der Waals surface area (Å²) in [5.74, 6) is 0.327. The van der Waals surface area contributed by atoms with E-state index >= 15 is 0 Å². The minimum atomic E-state index is -0.189. The Morgan fingerprint density at radius 3 is 1.91 bits per heavy atom. The smallest absolute Gasteiger partial charge is 0.123 e. The number of hydrogen-bond donors (Lipinski definition) is 1. The number of rotatable bonds is 3. The van der Waals surface area contributed by atoms with Gasteiger partial charge in [0.05, 0.1) is 0 Å². The zero-order chi connectivity index (χ0) is 15.6. The first-order chi connectivity index (χ1) is 10.6. The zero-order valence-electron chi connectivity index (χ0n) is 13.0. The Kier molecular flexibility index (Phi) is 3.72. The summed E-state index contributed by atoms with van der Waals surface area (Å²) in [6.07, 6.45) is 0. The summed E-state index contributed by atoms with van der Waals surface area (Å²) in [5.41, 5.74) is 4.13. The molecule has 0 aliphatic rings. The van der Waals surface area contributed by atoms with Gasteiger partial charge in [0.25, 0.3) is 0 Å². The molecular formula is C21H20O. The Hall–Kier alpha value is -2.54. The number of hydrogen-bond acceptors (Lipinski definition) is 1. The summed E-state index contributed by atoms with van der Waals surface area (Å²) in [7, 11) is 0. The van der Waals surface area contributed by atoms with Crippen molar-refractivity contribution in [1.29, 1.82) is 0 Å². The van der Waals surface area contributed by atoms with Crippen LogP contribution in [0, 0.1) is 0 Å². The van der Waals surface area contributed by atoms with Crippen LogP contribution in [0.15, 0.2) is 78.9 Å². The molecule has 0 unspecified atom stereocenters. The van der Waals surface area contributed by atoms with E-state index in [1.54, 1.807) is 6.07 Å². The molecule has 0 heterocycles. The molecule has 0 saturated carbocycles. The SMILES string of the molecule is CC(C)(c1ccccc1)c1cccc(O)c1-c1ccccc1. The fourth-order valence-corrected chi connectivity index (χ4v) is 2.98. The largest absolute Gasteiger partial charge is 0.507 e. The van der Waals surface area contributed by atoms with Crippen molar-refractivity contribution in [3.05, 3.63) is 90.0 Å². The molecule has 0 bridgehead atoms. The summed E-state index contributed by atoms with van der Waals surface area (Å²) in [4.78, 5) is 0. The van der Waals surface area contributed by atoms with Crippen LogP contribution >= 0.6 is 0 Å². The van der Waals surface area contributed by atoms with Gasteiger partial charge in [0.1, 0.15) is 5.75 Å². The predicted octanol–water partition coefficient (Wildman–Crippen LogP) is 5.39. The van der Waals surface area contributed by atoms with E-state index in [1.807, 2.05) is 42.5 Å². The molecule has 1 heteroatoms. The van der Waals surface area contributed by atoms with Crippen LogP contribution in [0.25, 0.3) is 11.1 Å². The van der Waals surface area contributed by atoms with Crippen LogP contribution in [0.4, 0.5) is 0 Å². The third-order valence-corrected chi connectivity index (χ3v) is 4.27. The molecule has 0 aliphatic carbocycles. The maximum atomic E-state index is 10.5. The lowest BCUT2D eigenvalue weighted by molar-refractivity contribution is 0.474. The standard InChI is InChI=1S/C21H20O/c1-21(2,17-12-7-4-8-13-17)18-14-9-15-19(22)20(18)16-10-5-3-6-11-16/h3-15,22H,1-2H3. The van der Waals surface area contributed by atoms with Crippen LogP contribution in [-0.2, 0) is 5.41 Å². The molecule has 0 saturated heterocycles. The van der Waals surface area contributed by atoms with Crippen molar-refractivity contribution in [3.8, 4) is 16.9 Å². The lowest BCUT2D eigenvalue weighted by Crippen LogP contribution is -2.20. The highest BCUT2D eigenvalue weighted by molar-refractivity contribution is 5.75. The number of phenols is 1. The van der Waals surface area contributed by atoms with Crippen LogP contribution < -0.4 is 0 Å². The van der Waals surface area contributed by atoms with Gasteiger partial charge in [-0.15, -0.1) is 0 Å². The first-order valence-electron chi connectivity index (χ1n) is 7.54. The minimum absolute atomic E-state index is 0.189. The van der Waals surface area contributed by atoms with E-state index in [9.17, 15) is 5.11 Å². The van der Waals surface area contributed by atoms with Crippen LogP contribution in [0.5, 0.6) is 5.75 Å². The highest BCUT2D eigenvalue weighted by Crippen LogP contribution is 2.41. The molecule has 0 aromatic heterocycles. The predicted molar refractivity (Wildman–Crippen MR) is 92.1 cm³/mol. The second kappa shape index (κ2) is 5.69. The van der Waals surface area contributed by atoms with Gasteiger partial charge in [-0.1, -0.05) is 86.6 Å². The summed E-state index contributed by atoms with van der Waals surface area (Å²) < 4.78 is 0. The second-order valence-electron chi connectivity index (χ2n) is 6.06. The molecule has 110 valence electrons. The average molecular weight is 288 g/mol. The maximum absolute atomic E-state index is 10.5. The normalized spacial score (nSPS) is 11.4. The second-order valence-corrected chi connectivity index (χ2v) is 6.06. The first-order valence-corrected chi connectivity index (χ1v) is 7.54. The molecule has 0 radical (unpaired) electrons. The number of aromatic hydroxyl groups is 1. The fourth-order valence-electron chi connectivity index (χ4n) is 2.98. The zero-order valence-corrected chi connectivity index (χ0v) is 13.0. The van der Waals surface area contributed by atoms with Gasteiger partial charge in [0.15, 0.2) is 0 Å². The van der Waals surface area contributed by atoms with Gasteiger partial charge in [-0.2, -0.15) is 0 Å². The molecule has 0 amide bonds. The molecule has 0 atom stereocenters. The summed E-state index contributed by atoms with van der Waals surface area (Å²) >= 11 is 0. The van der Waals surface area contributed by atoms with Gasteiger partial charge >= 0.3 is 0 Å². The third kappa shape index (κ3) is 2.50. The Bertz CT molecular complexity index is 758. The molecule has 0 spiro atoms. The van der Waals surface area contributed by atoms with Crippen molar-refractivity contribution in [1.82, 2.24) is 0 Å². The molecule has 0 fully saturated rings. The van der Waals surface area contributed by atoms with Crippen LogP contribution in [0.2, 0.25) is 0 Å². The number of benzene rings is 3. The highest BCUT2D eigenvalue weighted by Gasteiger charge is 2.27. The maximum Gasteiger partial charge on any atom is 0.123 e. The molecular weight excluding hydrogens is 268 g/mol. The fraction of sp³-hybridized carbons (Fsp3) is 0.143. The summed E-state index contributed by atoms with van der Waals surface area (Å²) in [6, 6.07) is 26.3. The third-order valence-electron chi connectivity index (χ3n) is 4.27. The quantitative estimate of drug-likeness (QED) is 0.685. The van der Waals surface area contributed by atoms with Gasteiger partial charge in [-0.3, -0.25) is 0 Å². The van der Waals surface area contributed by atoms with Crippen LogP contribution in [0.3, 0.4) is 0 Å². The lowest BCUT2D eigenvalue weighted by Gasteiger charge is -2.29. The Morgan fingerprint density at radius 2 is 1.27 bits per heavy atom. The highest BCUT2D eigenvalue weighted by atomic mass is 16.3. The van der Waals surface area contributed by atoms with Crippen LogP contribution in [0.1, 0.15) is 25.0 Å². The van der Waals surface area contributed by atoms with Gasteiger partial charge < -0.3 is 5.11 Å². The van der Waals surface area contributed by atoms with E-state index in [1.165, 1.54) is 5.56 Å². The van der Waals surface area contributed by atoms with Crippen molar-refractivity contribution in [2.45, 2.75) is 19.3 Å². The first kappa shape index (κ1) is 14.4. The van der Waals surface area contributed by atoms with E-state index in [0.717, 1.165) is 16.7 Å². The molecule has 0 aliphatic heterocycles. The van der Waals surface area contributed by atoms with E-state index in [0.29, 0.717) is 5.75 Å². The molecule has 3 aromatic rings. The summed E-state index contributed by atoms with van der Waals surface area (Å²) in [6.45, 7) is 4.40. The lowest BCUT2D eigenvalue weighted by atomic mass is 9.75. The Labute approximate surface area is 131 Å². The van der Waals surface area contributed by atoms with Gasteiger partial charge in [0.2, 0.25) is 0 Å². The topological polar surface area (TPSA) is 20.2 Å². The van der Waals surface area contributed by atoms with Crippen molar-refractivity contribution in [3.63, 3.8) is 0 Å². The molecule has 1 nitrogen and oxygen atoms in total. The Morgan fingerprint density at radius 1 is 0.682 bits per heavy atom. The van der Waals surface area contributed by atoms with Crippen LogP contribution in [-0.4, -0.2) is 5.11 Å². The van der Waals surface area contributed by atoms with Crippen molar-refractivity contribution < 1.29 is 5.11 Å². The van der Waals surface area contributed by atoms with E-state index in [-0.39, 0.29) is 5.41 Å². The van der Waals surface area contributed by atoms with E-state index in [2.05, 4.69) is 44.2 Å². The molecule has 1 N–H and O–H groups in total.